The van der Waals surface area contributed by atoms with Crippen LogP contribution in [0.4, 0.5) is 28.4 Å². The lowest BCUT2D eigenvalue weighted by Crippen LogP contribution is -2.21. The fourth-order valence-corrected chi connectivity index (χ4v) is 9.74. The number of benzene rings is 6. The molecule has 0 spiro atoms. The number of hydrogen-bond acceptors (Lipinski definition) is 3. The van der Waals surface area contributed by atoms with E-state index < -0.39 is 0 Å². The molecule has 1 aliphatic heterocycles. The van der Waals surface area contributed by atoms with E-state index >= 15 is 0 Å². The van der Waals surface area contributed by atoms with Gasteiger partial charge in [-0.05, 0) is 151 Å². The maximum Gasteiger partial charge on any atom is 0.0598 e. The third-order valence-electron chi connectivity index (χ3n) is 11.2. The van der Waals surface area contributed by atoms with Gasteiger partial charge in [-0.15, -0.1) is 0 Å². The van der Waals surface area contributed by atoms with E-state index in [2.05, 4.69) is 210 Å². The Hall–Kier alpha value is -6.67. The minimum absolute atomic E-state index is 0.931. The summed E-state index contributed by atoms with van der Waals surface area (Å²) < 4.78 is 2.51. The number of aromatic nitrogens is 1. The summed E-state index contributed by atoms with van der Waals surface area (Å²) in [6, 6.07) is 61.1. The van der Waals surface area contributed by atoms with Crippen LogP contribution in [-0.2, 0) is 6.42 Å². The van der Waals surface area contributed by atoms with Crippen LogP contribution in [0.5, 0.6) is 0 Å². The Labute approximate surface area is 339 Å². The van der Waals surface area contributed by atoms with Gasteiger partial charge in [0, 0.05) is 54.7 Å². The second kappa shape index (κ2) is 14.8. The Balaban J connectivity index is 1.06. The first-order chi connectivity index (χ1) is 28.2. The van der Waals surface area contributed by atoms with E-state index in [1.54, 1.807) is 0 Å². The van der Waals surface area contributed by atoms with Crippen molar-refractivity contribution in [1.29, 1.82) is 0 Å². The van der Waals surface area contributed by atoms with Crippen LogP contribution >= 0.6 is 11.8 Å². The van der Waals surface area contributed by atoms with Crippen LogP contribution < -0.4 is 9.80 Å². The van der Waals surface area contributed by atoms with Crippen molar-refractivity contribution < 1.29 is 0 Å². The van der Waals surface area contributed by atoms with Crippen LogP contribution in [0.25, 0.3) is 44.6 Å². The summed E-state index contributed by atoms with van der Waals surface area (Å²) in [4.78, 5) is 7.45. The van der Waals surface area contributed by atoms with Gasteiger partial charge < -0.3 is 14.4 Å². The van der Waals surface area contributed by atoms with Crippen molar-refractivity contribution in [1.82, 2.24) is 4.57 Å². The summed E-state index contributed by atoms with van der Waals surface area (Å²) in [5, 5.41) is 3.55. The van der Waals surface area contributed by atoms with Crippen molar-refractivity contribution >= 4 is 73.6 Å². The van der Waals surface area contributed by atoms with Crippen molar-refractivity contribution in [2.75, 3.05) is 9.80 Å². The quantitative estimate of drug-likeness (QED) is 0.153. The van der Waals surface area contributed by atoms with E-state index in [4.69, 9.17) is 0 Å². The first-order valence-electron chi connectivity index (χ1n) is 19.8. The zero-order valence-corrected chi connectivity index (χ0v) is 32.9. The lowest BCUT2D eigenvalue weighted by atomic mass is 9.98. The molecule has 0 N–H and O–H groups in total. The van der Waals surface area contributed by atoms with Gasteiger partial charge in [0.25, 0.3) is 0 Å². The van der Waals surface area contributed by atoms with Gasteiger partial charge in [0.2, 0.25) is 0 Å². The predicted octanol–water partition coefficient (Wildman–Crippen LogP) is 14.9. The lowest BCUT2D eigenvalue weighted by molar-refractivity contribution is 0.874. The molecule has 274 valence electrons. The standard InChI is InChI=1S/C53H41N3S/c1-3-15-48-44(4-2)47-36-43(54(39-18-6-5-7-19-39)40-28-26-38(27-29-40)46-21-14-17-37-16-8-9-20-45(37)46)34-35-49(47)55(48)41-30-32-42(33-31-41)56-50-22-10-12-24-52(50)57-53-25-13-11-23-51(53)56/h3,5-7,9-15,17-30,32,34-36H,4,31,33H2,1-2H3/b15-3-. The van der Waals surface area contributed by atoms with E-state index in [1.165, 1.54) is 71.2 Å². The highest BCUT2D eigenvalue weighted by Gasteiger charge is 2.28. The first-order valence-corrected chi connectivity index (χ1v) is 20.6. The smallest absolute Gasteiger partial charge is 0.0598 e. The summed E-state index contributed by atoms with van der Waals surface area (Å²) in [6.45, 7) is 4.41. The van der Waals surface area contributed by atoms with Crippen LogP contribution in [0.3, 0.4) is 0 Å². The van der Waals surface area contributed by atoms with E-state index in [0.29, 0.717) is 0 Å². The highest BCUT2D eigenvalue weighted by atomic mass is 32.2. The van der Waals surface area contributed by atoms with Crippen molar-refractivity contribution in [2.24, 2.45) is 0 Å². The Morgan fingerprint density at radius 1 is 0.667 bits per heavy atom. The van der Waals surface area contributed by atoms with E-state index in [1.807, 2.05) is 17.8 Å². The summed E-state index contributed by atoms with van der Waals surface area (Å²) in [5.41, 5.74) is 14.8. The molecule has 0 atom stereocenters. The number of para-hydroxylation sites is 3. The van der Waals surface area contributed by atoms with Crippen molar-refractivity contribution in [3.8, 4) is 11.1 Å². The van der Waals surface area contributed by atoms with Crippen molar-refractivity contribution in [3.05, 3.63) is 199 Å². The molecule has 2 heterocycles. The Morgan fingerprint density at radius 2 is 1.35 bits per heavy atom. The van der Waals surface area contributed by atoms with Gasteiger partial charge in [-0.3, -0.25) is 0 Å². The minimum atomic E-state index is 0.931. The molecule has 0 radical (unpaired) electrons. The maximum atomic E-state index is 3.27. The molecular formula is C53H41N3S. The monoisotopic (exact) mass is 751 g/mol. The third-order valence-corrected chi connectivity index (χ3v) is 12.4. The van der Waals surface area contributed by atoms with Crippen LogP contribution in [0.2, 0.25) is 0 Å². The molecule has 8 aromatic rings. The second-order valence-corrected chi connectivity index (χ2v) is 15.6. The Morgan fingerprint density at radius 3 is 2.07 bits per heavy atom. The fraction of sp³-hybridized carbons (Fsp3) is 0.0943. The summed E-state index contributed by atoms with van der Waals surface area (Å²) >= 11 is 1.86. The molecule has 7 aromatic carbocycles. The predicted molar refractivity (Wildman–Crippen MR) is 242 cm³/mol. The van der Waals surface area contributed by atoms with Gasteiger partial charge in [0.1, 0.15) is 0 Å². The van der Waals surface area contributed by atoms with E-state index in [-0.39, 0.29) is 0 Å². The summed E-state index contributed by atoms with van der Waals surface area (Å²) in [5.74, 6) is 0. The number of hydrogen-bond donors (Lipinski definition) is 0. The molecule has 0 bridgehead atoms. The largest absolute Gasteiger partial charge is 0.313 e. The molecule has 1 aliphatic carbocycles. The van der Waals surface area contributed by atoms with E-state index in [9.17, 15) is 0 Å². The van der Waals surface area contributed by atoms with Gasteiger partial charge in [-0.2, -0.15) is 0 Å². The summed E-state index contributed by atoms with van der Waals surface area (Å²) in [7, 11) is 0. The SMILES string of the molecule is C/C=C\c1c(CC)c2cc(N(c3ccccc3)c3ccc(-c4cccc5c#cccc45)cc3)ccc2n1C1=CC=C(N2c3ccccc3Sc3ccccc32)CC1. The van der Waals surface area contributed by atoms with E-state index in [0.717, 1.165) is 41.7 Å². The van der Waals surface area contributed by atoms with Crippen LogP contribution in [0.15, 0.2) is 185 Å². The molecule has 4 heteroatoms. The fourth-order valence-electron chi connectivity index (χ4n) is 8.68. The van der Waals surface area contributed by atoms with Gasteiger partial charge in [-0.25, -0.2) is 0 Å². The van der Waals surface area contributed by atoms with Crippen LogP contribution in [0, 0.1) is 12.1 Å². The number of nitrogens with zero attached hydrogens (tertiary/aromatic N) is 3. The molecule has 1 aromatic heterocycles. The maximum absolute atomic E-state index is 3.27. The number of fused-ring (bicyclic) bond motifs is 4. The molecule has 0 unspecified atom stereocenters. The normalized spacial score (nSPS) is 13.6. The Kier molecular flexibility index (Phi) is 9.01. The lowest BCUT2D eigenvalue weighted by Gasteiger charge is -2.35. The van der Waals surface area contributed by atoms with Gasteiger partial charge in [0.15, 0.2) is 0 Å². The zero-order valence-electron chi connectivity index (χ0n) is 32.1. The van der Waals surface area contributed by atoms with Crippen molar-refractivity contribution in [2.45, 2.75) is 42.9 Å². The third kappa shape index (κ3) is 6.12. The number of anilines is 5. The van der Waals surface area contributed by atoms with Gasteiger partial charge in [-0.1, -0.05) is 104 Å². The number of aryl methyl sites for hydroxylation is 1. The van der Waals surface area contributed by atoms with Crippen molar-refractivity contribution in [3.63, 3.8) is 0 Å². The van der Waals surface area contributed by atoms with Gasteiger partial charge in [0.05, 0.1) is 16.9 Å². The molecule has 57 heavy (non-hydrogen) atoms. The minimum Gasteiger partial charge on any atom is -0.313 e. The number of allylic oxidation sites excluding steroid dienone is 5. The molecule has 0 saturated carbocycles. The highest BCUT2D eigenvalue weighted by molar-refractivity contribution is 7.99. The topological polar surface area (TPSA) is 11.4 Å². The molecule has 10 rings (SSSR count). The molecule has 2 aliphatic rings. The molecule has 0 fully saturated rings. The molecule has 0 amide bonds. The van der Waals surface area contributed by atoms with Gasteiger partial charge >= 0.3 is 0 Å². The highest BCUT2D eigenvalue weighted by Crippen LogP contribution is 2.51. The second-order valence-electron chi connectivity index (χ2n) is 14.5. The zero-order chi connectivity index (χ0) is 38.3. The summed E-state index contributed by atoms with van der Waals surface area (Å²) in [6.07, 6.45) is 12.0. The molecular weight excluding hydrogens is 711 g/mol. The first kappa shape index (κ1) is 34.8. The molecule has 0 saturated heterocycles. The number of rotatable bonds is 8. The van der Waals surface area contributed by atoms with Crippen LogP contribution in [-0.4, -0.2) is 4.57 Å². The van der Waals surface area contributed by atoms with Crippen LogP contribution in [0.1, 0.15) is 37.9 Å². The average Bonchev–Trinajstić information content (AvgIpc) is 3.58. The Bertz CT molecular complexity index is 2830. The average molecular weight is 752 g/mol. The molecule has 3 nitrogen and oxygen atoms in total.